The zero-order valence-corrected chi connectivity index (χ0v) is 10.9. The van der Waals surface area contributed by atoms with Crippen molar-refractivity contribution in [2.75, 3.05) is 0 Å². The van der Waals surface area contributed by atoms with Gasteiger partial charge in [-0.3, -0.25) is 4.79 Å². The summed E-state index contributed by atoms with van der Waals surface area (Å²) in [6.45, 7) is 0. The SMILES string of the molecule is NC1CCCCC1C(=O)Cc1cc(Cl)ccc1F. The van der Waals surface area contributed by atoms with Crippen LogP contribution >= 0.6 is 11.6 Å². The minimum atomic E-state index is -0.378. The molecule has 2 atom stereocenters. The van der Waals surface area contributed by atoms with Gasteiger partial charge < -0.3 is 5.73 Å². The molecule has 0 saturated heterocycles. The smallest absolute Gasteiger partial charge is 0.141 e. The van der Waals surface area contributed by atoms with Crippen LogP contribution in [0.1, 0.15) is 31.2 Å². The maximum absolute atomic E-state index is 13.6. The van der Waals surface area contributed by atoms with Crippen molar-refractivity contribution in [3.05, 3.63) is 34.6 Å². The van der Waals surface area contributed by atoms with Gasteiger partial charge in [-0.15, -0.1) is 0 Å². The Balaban J connectivity index is 2.08. The number of hydrogen-bond acceptors (Lipinski definition) is 2. The highest BCUT2D eigenvalue weighted by Gasteiger charge is 2.28. The molecular weight excluding hydrogens is 253 g/mol. The fourth-order valence-electron chi connectivity index (χ4n) is 2.56. The summed E-state index contributed by atoms with van der Waals surface area (Å²) in [4.78, 5) is 12.2. The molecule has 1 aromatic rings. The van der Waals surface area contributed by atoms with Crippen LogP contribution in [0.5, 0.6) is 0 Å². The highest BCUT2D eigenvalue weighted by atomic mass is 35.5. The van der Waals surface area contributed by atoms with Crippen LogP contribution in [0.3, 0.4) is 0 Å². The second kappa shape index (κ2) is 5.81. The van der Waals surface area contributed by atoms with Crippen molar-refractivity contribution in [2.45, 2.75) is 38.1 Å². The molecule has 2 nitrogen and oxygen atoms in total. The number of hydrogen-bond donors (Lipinski definition) is 1. The average Bonchev–Trinajstić information content (AvgIpc) is 2.34. The van der Waals surface area contributed by atoms with E-state index >= 15 is 0 Å². The number of carbonyl (C=O) groups is 1. The summed E-state index contributed by atoms with van der Waals surface area (Å²) in [6.07, 6.45) is 3.90. The van der Waals surface area contributed by atoms with Gasteiger partial charge in [0, 0.05) is 23.4 Å². The fourth-order valence-corrected chi connectivity index (χ4v) is 2.75. The molecule has 0 aliphatic heterocycles. The van der Waals surface area contributed by atoms with Gasteiger partial charge in [0.1, 0.15) is 11.6 Å². The summed E-state index contributed by atoms with van der Waals surface area (Å²) in [6, 6.07) is 4.22. The van der Waals surface area contributed by atoms with Gasteiger partial charge >= 0.3 is 0 Å². The van der Waals surface area contributed by atoms with Crippen LogP contribution in [0, 0.1) is 11.7 Å². The lowest BCUT2D eigenvalue weighted by atomic mass is 9.80. The molecule has 1 aliphatic rings. The first-order valence-corrected chi connectivity index (χ1v) is 6.68. The van der Waals surface area contributed by atoms with Gasteiger partial charge in [-0.05, 0) is 36.6 Å². The number of ketones is 1. The third-order valence-electron chi connectivity index (χ3n) is 3.61. The predicted molar refractivity (Wildman–Crippen MR) is 70.1 cm³/mol. The summed E-state index contributed by atoms with van der Waals surface area (Å²) >= 11 is 5.81. The van der Waals surface area contributed by atoms with Crippen molar-refractivity contribution < 1.29 is 9.18 Å². The van der Waals surface area contributed by atoms with Crippen molar-refractivity contribution in [3.8, 4) is 0 Å². The standard InChI is InChI=1S/C14H17ClFNO/c15-10-5-6-12(16)9(7-10)8-14(18)11-3-1-2-4-13(11)17/h5-7,11,13H,1-4,8,17H2. The van der Waals surface area contributed by atoms with Crippen LogP contribution in [0.2, 0.25) is 5.02 Å². The molecule has 4 heteroatoms. The molecular formula is C14H17ClFNO. The zero-order chi connectivity index (χ0) is 13.1. The molecule has 1 saturated carbocycles. The first kappa shape index (κ1) is 13.5. The molecule has 0 bridgehead atoms. The first-order valence-electron chi connectivity index (χ1n) is 6.30. The number of Topliss-reactive ketones (excluding diaryl/α,β-unsaturated/α-hetero) is 1. The number of halogens is 2. The number of nitrogens with two attached hydrogens (primary N) is 1. The molecule has 2 N–H and O–H groups in total. The van der Waals surface area contributed by atoms with Crippen molar-refractivity contribution in [3.63, 3.8) is 0 Å². The Morgan fingerprint density at radius 1 is 1.39 bits per heavy atom. The van der Waals surface area contributed by atoms with E-state index in [4.69, 9.17) is 17.3 Å². The molecule has 2 rings (SSSR count). The Morgan fingerprint density at radius 2 is 2.11 bits per heavy atom. The molecule has 0 amide bonds. The molecule has 0 radical (unpaired) electrons. The molecule has 0 aromatic heterocycles. The minimum absolute atomic E-state index is 0.0309. The molecule has 18 heavy (non-hydrogen) atoms. The van der Waals surface area contributed by atoms with E-state index in [1.54, 1.807) is 0 Å². The molecule has 2 unspecified atom stereocenters. The lowest BCUT2D eigenvalue weighted by Gasteiger charge is -2.27. The van der Waals surface area contributed by atoms with E-state index in [-0.39, 0.29) is 30.0 Å². The van der Waals surface area contributed by atoms with Gasteiger partial charge in [-0.25, -0.2) is 4.39 Å². The summed E-state index contributed by atoms with van der Waals surface area (Å²) in [7, 11) is 0. The fraction of sp³-hybridized carbons (Fsp3) is 0.500. The van der Waals surface area contributed by atoms with Crippen molar-refractivity contribution in [1.82, 2.24) is 0 Å². The van der Waals surface area contributed by atoms with Crippen LogP contribution in [0.4, 0.5) is 4.39 Å². The maximum Gasteiger partial charge on any atom is 0.141 e. The van der Waals surface area contributed by atoms with Crippen LogP contribution < -0.4 is 5.73 Å². The molecule has 0 heterocycles. The molecule has 1 fully saturated rings. The summed E-state index contributed by atoms with van der Waals surface area (Å²) in [5, 5.41) is 0.451. The number of carbonyl (C=O) groups excluding carboxylic acids is 1. The third kappa shape index (κ3) is 3.09. The highest BCUT2D eigenvalue weighted by Crippen LogP contribution is 2.25. The number of benzene rings is 1. The van der Waals surface area contributed by atoms with Gasteiger partial charge in [-0.2, -0.15) is 0 Å². The second-order valence-corrected chi connectivity index (χ2v) is 5.37. The lowest BCUT2D eigenvalue weighted by Crippen LogP contribution is -2.38. The van der Waals surface area contributed by atoms with Crippen LogP contribution in [0.25, 0.3) is 0 Å². The van der Waals surface area contributed by atoms with Crippen molar-refractivity contribution >= 4 is 17.4 Å². The van der Waals surface area contributed by atoms with E-state index in [1.807, 2.05) is 0 Å². The summed E-state index contributed by atoms with van der Waals surface area (Å²) in [5.41, 5.74) is 6.33. The molecule has 1 aromatic carbocycles. The normalized spacial score (nSPS) is 23.9. The van der Waals surface area contributed by atoms with E-state index in [2.05, 4.69) is 0 Å². The minimum Gasteiger partial charge on any atom is -0.327 e. The molecule has 0 spiro atoms. The van der Waals surface area contributed by atoms with Crippen LogP contribution in [-0.2, 0) is 11.2 Å². The topological polar surface area (TPSA) is 43.1 Å². The van der Waals surface area contributed by atoms with E-state index in [0.29, 0.717) is 10.6 Å². The largest absolute Gasteiger partial charge is 0.327 e. The predicted octanol–water partition coefficient (Wildman–Crippen LogP) is 3.11. The first-order chi connectivity index (χ1) is 8.58. The Bertz CT molecular complexity index is 449. The van der Waals surface area contributed by atoms with E-state index < -0.39 is 0 Å². The Labute approximate surface area is 111 Å². The second-order valence-electron chi connectivity index (χ2n) is 4.93. The van der Waals surface area contributed by atoms with Gasteiger partial charge in [0.15, 0.2) is 0 Å². The summed E-state index contributed by atoms with van der Waals surface area (Å²) < 4.78 is 13.6. The quantitative estimate of drug-likeness (QED) is 0.916. The Hall–Kier alpha value is -0.930. The highest BCUT2D eigenvalue weighted by molar-refractivity contribution is 6.30. The molecule has 1 aliphatic carbocycles. The van der Waals surface area contributed by atoms with Crippen molar-refractivity contribution in [2.24, 2.45) is 11.7 Å². The molecule has 98 valence electrons. The van der Waals surface area contributed by atoms with Gasteiger partial charge in [-0.1, -0.05) is 24.4 Å². The summed E-state index contributed by atoms with van der Waals surface area (Å²) in [5.74, 6) is -0.474. The van der Waals surface area contributed by atoms with Crippen molar-refractivity contribution in [1.29, 1.82) is 0 Å². The van der Waals surface area contributed by atoms with Crippen LogP contribution in [-0.4, -0.2) is 11.8 Å². The van der Waals surface area contributed by atoms with E-state index in [9.17, 15) is 9.18 Å². The lowest BCUT2D eigenvalue weighted by molar-refractivity contribution is -0.123. The Kier molecular flexibility index (Phi) is 4.36. The van der Waals surface area contributed by atoms with Gasteiger partial charge in [0.2, 0.25) is 0 Å². The number of rotatable bonds is 3. The zero-order valence-electron chi connectivity index (χ0n) is 10.2. The van der Waals surface area contributed by atoms with E-state index in [1.165, 1.54) is 18.2 Å². The van der Waals surface area contributed by atoms with Gasteiger partial charge in [0.25, 0.3) is 0 Å². The third-order valence-corrected chi connectivity index (χ3v) is 3.84. The van der Waals surface area contributed by atoms with E-state index in [0.717, 1.165) is 25.7 Å². The monoisotopic (exact) mass is 269 g/mol. The van der Waals surface area contributed by atoms with Crippen LogP contribution in [0.15, 0.2) is 18.2 Å². The Morgan fingerprint density at radius 3 is 2.83 bits per heavy atom. The van der Waals surface area contributed by atoms with Gasteiger partial charge in [0.05, 0.1) is 0 Å². The maximum atomic E-state index is 13.6. The average molecular weight is 270 g/mol.